The van der Waals surface area contributed by atoms with Crippen LogP contribution in [0.4, 0.5) is 5.69 Å². The molecule has 0 radical (unpaired) electrons. The van der Waals surface area contributed by atoms with Gasteiger partial charge in [-0.05, 0) is 48.5 Å². The fourth-order valence-electron chi connectivity index (χ4n) is 2.77. The van der Waals surface area contributed by atoms with Crippen molar-refractivity contribution in [2.24, 2.45) is 0 Å². The molecule has 0 atom stereocenters. The summed E-state index contributed by atoms with van der Waals surface area (Å²) in [6.45, 7) is 0. The first-order valence-corrected chi connectivity index (χ1v) is 8.23. The van der Waals surface area contributed by atoms with Crippen LogP contribution in [0.5, 0.6) is 5.75 Å². The second kappa shape index (κ2) is 6.72. The van der Waals surface area contributed by atoms with E-state index in [0.29, 0.717) is 11.3 Å². The van der Waals surface area contributed by atoms with Gasteiger partial charge in [-0.25, -0.2) is 4.98 Å². The Morgan fingerprint density at radius 3 is 2.58 bits per heavy atom. The first-order valence-electron chi connectivity index (χ1n) is 8.23. The Balaban J connectivity index is 1.59. The number of H-pyrrole nitrogens is 1. The number of methoxy groups -OCH3 is 1. The minimum absolute atomic E-state index is 0.173. The number of ether oxygens (including phenoxy) is 1. The van der Waals surface area contributed by atoms with E-state index >= 15 is 0 Å². The highest BCUT2D eigenvalue weighted by atomic mass is 16.5. The molecule has 26 heavy (non-hydrogen) atoms. The number of fused-ring (bicyclic) bond motifs is 1. The first-order chi connectivity index (χ1) is 12.7. The van der Waals surface area contributed by atoms with E-state index in [0.717, 1.165) is 28.2 Å². The molecule has 5 nitrogen and oxygen atoms in total. The molecular weight excluding hydrogens is 326 g/mol. The zero-order chi connectivity index (χ0) is 17.9. The summed E-state index contributed by atoms with van der Waals surface area (Å²) in [5.41, 5.74) is 4.01. The van der Waals surface area contributed by atoms with Crippen molar-refractivity contribution in [3.63, 3.8) is 0 Å². The molecule has 0 aliphatic heterocycles. The molecular formula is C21H17N3O2. The van der Waals surface area contributed by atoms with Crippen molar-refractivity contribution in [3.8, 4) is 17.1 Å². The zero-order valence-electron chi connectivity index (χ0n) is 14.2. The van der Waals surface area contributed by atoms with Crippen molar-refractivity contribution in [1.82, 2.24) is 9.97 Å². The number of aromatic amines is 1. The Morgan fingerprint density at radius 2 is 1.81 bits per heavy atom. The SMILES string of the molecule is COc1ccc(NC(=O)c2cccc(-c3nc4ccccc4[nH]3)c2)cc1. The monoisotopic (exact) mass is 343 g/mol. The van der Waals surface area contributed by atoms with Crippen LogP contribution >= 0.6 is 0 Å². The lowest BCUT2D eigenvalue weighted by molar-refractivity contribution is 0.102. The maximum atomic E-state index is 12.6. The molecule has 1 heterocycles. The third kappa shape index (κ3) is 3.15. The molecule has 4 rings (SSSR count). The molecule has 0 fully saturated rings. The molecule has 0 aliphatic rings. The van der Waals surface area contributed by atoms with E-state index < -0.39 is 0 Å². The van der Waals surface area contributed by atoms with Crippen LogP contribution in [0.1, 0.15) is 10.4 Å². The summed E-state index contributed by atoms with van der Waals surface area (Å²) >= 11 is 0. The highest BCUT2D eigenvalue weighted by Crippen LogP contribution is 2.22. The Hall–Kier alpha value is -3.60. The van der Waals surface area contributed by atoms with E-state index in [2.05, 4.69) is 15.3 Å². The van der Waals surface area contributed by atoms with Crippen molar-refractivity contribution >= 4 is 22.6 Å². The summed E-state index contributed by atoms with van der Waals surface area (Å²) in [4.78, 5) is 20.4. The third-order valence-corrected chi connectivity index (χ3v) is 4.14. The molecule has 1 aromatic heterocycles. The lowest BCUT2D eigenvalue weighted by Gasteiger charge is -2.07. The van der Waals surface area contributed by atoms with Gasteiger partial charge >= 0.3 is 0 Å². The molecule has 128 valence electrons. The molecule has 3 aromatic carbocycles. The minimum atomic E-state index is -0.173. The predicted molar refractivity (Wildman–Crippen MR) is 102 cm³/mol. The van der Waals surface area contributed by atoms with Crippen LogP contribution in [0, 0.1) is 0 Å². The van der Waals surface area contributed by atoms with E-state index in [4.69, 9.17) is 4.74 Å². The smallest absolute Gasteiger partial charge is 0.255 e. The standard InChI is InChI=1S/C21H17N3O2/c1-26-17-11-9-16(10-12-17)22-21(25)15-6-4-5-14(13-15)20-23-18-7-2-3-8-19(18)24-20/h2-13H,1H3,(H,22,25)(H,23,24). The highest BCUT2D eigenvalue weighted by molar-refractivity contribution is 6.05. The topological polar surface area (TPSA) is 67.0 Å². The van der Waals surface area contributed by atoms with Gasteiger partial charge in [0.25, 0.3) is 5.91 Å². The third-order valence-electron chi connectivity index (χ3n) is 4.14. The average molecular weight is 343 g/mol. The number of nitrogens with zero attached hydrogens (tertiary/aromatic N) is 1. The average Bonchev–Trinajstić information content (AvgIpc) is 3.13. The van der Waals surface area contributed by atoms with Gasteiger partial charge in [-0.3, -0.25) is 4.79 Å². The number of rotatable bonds is 4. The van der Waals surface area contributed by atoms with Gasteiger partial charge < -0.3 is 15.0 Å². The number of carbonyl (C=O) groups is 1. The number of hydrogen-bond acceptors (Lipinski definition) is 3. The quantitative estimate of drug-likeness (QED) is 0.574. The summed E-state index contributed by atoms with van der Waals surface area (Å²) in [7, 11) is 1.61. The van der Waals surface area contributed by atoms with Crippen LogP contribution < -0.4 is 10.1 Å². The molecule has 2 N–H and O–H groups in total. The number of anilines is 1. The van der Waals surface area contributed by atoms with Crippen LogP contribution in [-0.4, -0.2) is 23.0 Å². The van der Waals surface area contributed by atoms with Crippen molar-refractivity contribution < 1.29 is 9.53 Å². The highest BCUT2D eigenvalue weighted by Gasteiger charge is 2.10. The maximum Gasteiger partial charge on any atom is 0.255 e. The van der Waals surface area contributed by atoms with Gasteiger partial charge in [-0.2, -0.15) is 0 Å². The summed E-state index contributed by atoms with van der Waals surface area (Å²) in [5, 5.41) is 2.89. The van der Waals surface area contributed by atoms with Gasteiger partial charge in [0.15, 0.2) is 0 Å². The molecule has 4 aromatic rings. The molecule has 0 saturated heterocycles. The fourth-order valence-corrected chi connectivity index (χ4v) is 2.77. The van der Waals surface area contributed by atoms with Crippen LogP contribution in [0.25, 0.3) is 22.4 Å². The molecule has 0 spiro atoms. The first kappa shape index (κ1) is 15.9. The fraction of sp³-hybridized carbons (Fsp3) is 0.0476. The van der Waals surface area contributed by atoms with Crippen molar-refractivity contribution in [2.45, 2.75) is 0 Å². The number of aromatic nitrogens is 2. The van der Waals surface area contributed by atoms with Crippen molar-refractivity contribution in [2.75, 3.05) is 12.4 Å². The Bertz CT molecular complexity index is 1040. The van der Waals surface area contributed by atoms with E-state index in [1.165, 1.54) is 0 Å². The normalized spacial score (nSPS) is 10.7. The summed E-state index contributed by atoms with van der Waals surface area (Å²) < 4.78 is 5.13. The zero-order valence-corrected chi connectivity index (χ0v) is 14.2. The number of benzene rings is 3. The number of para-hydroxylation sites is 2. The van der Waals surface area contributed by atoms with Crippen LogP contribution in [0.2, 0.25) is 0 Å². The van der Waals surface area contributed by atoms with E-state index in [1.54, 1.807) is 37.4 Å². The Morgan fingerprint density at radius 1 is 1.00 bits per heavy atom. The molecule has 5 heteroatoms. The van der Waals surface area contributed by atoms with Gasteiger partial charge in [-0.15, -0.1) is 0 Å². The molecule has 0 aliphatic carbocycles. The lowest BCUT2D eigenvalue weighted by Crippen LogP contribution is -2.11. The second-order valence-electron chi connectivity index (χ2n) is 5.87. The minimum Gasteiger partial charge on any atom is -0.497 e. The number of hydrogen-bond donors (Lipinski definition) is 2. The van der Waals surface area contributed by atoms with E-state index in [1.807, 2.05) is 42.5 Å². The van der Waals surface area contributed by atoms with Gasteiger partial charge in [0.05, 0.1) is 18.1 Å². The number of nitrogens with one attached hydrogen (secondary N) is 2. The van der Waals surface area contributed by atoms with Crippen LogP contribution in [0.15, 0.2) is 72.8 Å². The molecule has 0 unspecified atom stereocenters. The summed E-state index contributed by atoms with van der Waals surface area (Å²) in [6, 6.07) is 22.5. The predicted octanol–water partition coefficient (Wildman–Crippen LogP) is 4.49. The second-order valence-corrected chi connectivity index (χ2v) is 5.87. The van der Waals surface area contributed by atoms with Gasteiger partial charge in [0.2, 0.25) is 0 Å². The summed E-state index contributed by atoms with van der Waals surface area (Å²) in [5.74, 6) is 1.31. The summed E-state index contributed by atoms with van der Waals surface area (Å²) in [6.07, 6.45) is 0. The molecule has 0 saturated carbocycles. The van der Waals surface area contributed by atoms with E-state index in [9.17, 15) is 4.79 Å². The largest absolute Gasteiger partial charge is 0.497 e. The molecule has 1 amide bonds. The lowest BCUT2D eigenvalue weighted by atomic mass is 10.1. The van der Waals surface area contributed by atoms with Crippen LogP contribution in [-0.2, 0) is 0 Å². The Labute approximate surface area is 150 Å². The molecule has 0 bridgehead atoms. The van der Waals surface area contributed by atoms with Crippen LogP contribution in [0.3, 0.4) is 0 Å². The Kier molecular flexibility index (Phi) is 4.11. The number of carbonyl (C=O) groups excluding carboxylic acids is 1. The van der Waals surface area contributed by atoms with Gasteiger partial charge in [0, 0.05) is 16.8 Å². The number of amides is 1. The number of imidazole rings is 1. The van der Waals surface area contributed by atoms with Crippen molar-refractivity contribution in [1.29, 1.82) is 0 Å². The van der Waals surface area contributed by atoms with Gasteiger partial charge in [0.1, 0.15) is 11.6 Å². The maximum absolute atomic E-state index is 12.6. The van der Waals surface area contributed by atoms with Gasteiger partial charge in [-0.1, -0.05) is 24.3 Å². The van der Waals surface area contributed by atoms with Crippen molar-refractivity contribution in [3.05, 3.63) is 78.4 Å². The van der Waals surface area contributed by atoms with E-state index in [-0.39, 0.29) is 5.91 Å².